The van der Waals surface area contributed by atoms with Crippen LogP contribution in [-0.4, -0.2) is 52.6 Å². The van der Waals surface area contributed by atoms with Crippen LogP contribution in [0, 0.1) is 5.92 Å². The minimum atomic E-state index is -0.827. The fraction of sp³-hybridized carbons (Fsp3) is 0.875. The molecule has 1 aliphatic heterocycles. The Labute approximate surface area is 127 Å². The Morgan fingerprint density at radius 1 is 1.19 bits per heavy atom. The summed E-state index contributed by atoms with van der Waals surface area (Å²) in [6.45, 7) is 4.23. The van der Waals surface area contributed by atoms with Crippen molar-refractivity contribution in [1.82, 2.24) is 9.80 Å². The average Bonchev–Trinajstić information content (AvgIpc) is 3.26. The van der Waals surface area contributed by atoms with Crippen LogP contribution in [0.1, 0.15) is 58.3 Å². The highest BCUT2D eigenvalue weighted by Gasteiger charge is 2.35. The van der Waals surface area contributed by atoms with Crippen molar-refractivity contribution in [2.45, 2.75) is 64.3 Å². The van der Waals surface area contributed by atoms with Gasteiger partial charge in [-0.25, -0.2) is 4.79 Å². The van der Waals surface area contributed by atoms with Gasteiger partial charge in [0.25, 0.3) is 0 Å². The summed E-state index contributed by atoms with van der Waals surface area (Å²) in [4.78, 5) is 27.2. The molecule has 2 fully saturated rings. The van der Waals surface area contributed by atoms with Crippen LogP contribution in [0.15, 0.2) is 0 Å². The van der Waals surface area contributed by atoms with Crippen LogP contribution in [0.5, 0.6) is 0 Å². The molecule has 0 aromatic heterocycles. The molecular formula is C16H28N2O3. The lowest BCUT2D eigenvalue weighted by Gasteiger charge is -2.30. The summed E-state index contributed by atoms with van der Waals surface area (Å²) in [5.74, 6) is -0.0754. The molecule has 1 saturated heterocycles. The number of carbonyl (C=O) groups is 2. The number of hydrogen-bond acceptors (Lipinski definition) is 2. The second-order valence-corrected chi connectivity index (χ2v) is 6.42. The number of carboxylic acid groups (broad SMARTS) is 1. The first kappa shape index (κ1) is 16.1. The van der Waals surface area contributed by atoms with Crippen LogP contribution < -0.4 is 0 Å². The van der Waals surface area contributed by atoms with Gasteiger partial charge in [-0.1, -0.05) is 19.8 Å². The molecule has 1 N–H and O–H groups in total. The minimum absolute atomic E-state index is 0.0501. The fourth-order valence-corrected chi connectivity index (χ4v) is 3.27. The summed E-state index contributed by atoms with van der Waals surface area (Å²) >= 11 is 0. The lowest BCUT2D eigenvalue weighted by Crippen LogP contribution is -2.45. The van der Waals surface area contributed by atoms with E-state index in [2.05, 4.69) is 6.92 Å². The smallest absolute Gasteiger partial charge is 0.320 e. The van der Waals surface area contributed by atoms with Gasteiger partial charge in [-0.2, -0.15) is 0 Å². The lowest BCUT2D eigenvalue weighted by atomic mass is 9.96. The van der Waals surface area contributed by atoms with Gasteiger partial charge in [0.2, 0.25) is 0 Å². The summed E-state index contributed by atoms with van der Waals surface area (Å²) in [5.41, 5.74) is 0. The van der Waals surface area contributed by atoms with E-state index in [-0.39, 0.29) is 18.5 Å². The first-order valence-corrected chi connectivity index (χ1v) is 8.39. The summed E-state index contributed by atoms with van der Waals surface area (Å²) in [7, 11) is 0. The van der Waals surface area contributed by atoms with Gasteiger partial charge in [-0.05, 0) is 38.0 Å². The third-order valence-electron chi connectivity index (χ3n) is 4.62. The minimum Gasteiger partial charge on any atom is -0.481 e. The quantitative estimate of drug-likeness (QED) is 0.819. The third-order valence-corrected chi connectivity index (χ3v) is 4.62. The van der Waals surface area contributed by atoms with Crippen LogP contribution in [0.2, 0.25) is 0 Å². The Morgan fingerprint density at radius 3 is 2.57 bits per heavy atom. The van der Waals surface area contributed by atoms with E-state index in [1.807, 2.05) is 4.90 Å². The predicted octanol–water partition coefficient (Wildman–Crippen LogP) is 2.95. The van der Waals surface area contributed by atoms with Gasteiger partial charge in [-0.3, -0.25) is 4.79 Å². The molecule has 2 rings (SSSR count). The first-order valence-electron chi connectivity index (χ1n) is 8.39. The molecule has 0 bridgehead atoms. The fourth-order valence-electron chi connectivity index (χ4n) is 3.27. The lowest BCUT2D eigenvalue weighted by molar-refractivity contribution is -0.137. The summed E-state index contributed by atoms with van der Waals surface area (Å²) in [6.07, 6.45) is 7.96. The molecule has 1 unspecified atom stereocenters. The molecule has 5 heteroatoms. The van der Waals surface area contributed by atoms with Crippen LogP contribution in [-0.2, 0) is 4.79 Å². The second kappa shape index (κ2) is 7.66. The highest BCUT2D eigenvalue weighted by atomic mass is 16.4. The summed E-state index contributed by atoms with van der Waals surface area (Å²) in [5, 5.41) is 8.84. The Hall–Kier alpha value is -1.26. The van der Waals surface area contributed by atoms with Crippen molar-refractivity contribution < 1.29 is 14.7 Å². The second-order valence-electron chi connectivity index (χ2n) is 6.42. The van der Waals surface area contributed by atoms with Crippen molar-refractivity contribution in [3.63, 3.8) is 0 Å². The number of hydrogen-bond donors (Lipinski definition) is 1. The number of rotatable bonds is 6. The monoisotopic (exact) mass is 296 g/mol. The Kier molecular flexibility index (Phi) is 5.88. The zero-order valence-corrected chi connectivity index (χ0v) is 13.1. The van der Waals surface area contributed by atoms with Gasteiger partial charge in [0.05, 0.1) is 6.42 Å². The Bertz CT molecular complexity index is 369. The average molecular weight is 296 g/mol. The largest absolute Gasteiger partial charge is 0.481 e. The van der Waals surface area contributed by atoms with E-state index >= 15 is 0 Å². The van der Waals surface area contributed by atoms with Crippen molar-refractivity contribution in [3.8, 4) is 0 Å². The van der Waals surface area contributed by atoms with Crippen LogP contribution in [0.25, 0.3) is 0 Å². The highest BCUT2D eigenvalue weighted by Crippen LogP contribution is 2.29. The Morgan fingerprint density at radius 2 is 1.95 bits per heavy atom. The van der Waals surface area contributed by atoms with Crippen molar-refractivity contribution >= 4 is 12.0 Å². The molecule has 0 aromatic rings. The maximum atomic E-state index is 12.7. The molecule has 0 spiro atoms. The van der Waals surface area contributed by atoms with Crippen LogP contribution >= 0.6 is 0 Å². The van der Waals surface area contributed by atoms with E-state index < -0.39 is 5.97 Å². The number of aliphatic carboxylic acids is 1. The number of nitrogens with zero attached hydrogens (tertiary/aromatic N) is 2. The van der Waals surface area contributed by atoms with Crippen LogP contribution in [0.3, 0.4) is 0 Å². The van der Waals surface area contributed by atoms with E-state index in [1.165, 1.54) is 19.3 Å². The molecule has 120 valence electrons. The molecule has 2 amide bonds. The predicted molar refractivity (Wildman–Crippen MR) is 81.2 cm³/mol. The van der Waals surface area contributed by atoms with Gasteiger partial charge >= 0.3 is 12.0 Å². The van der Waals surface area contributed by atoms with Crippen LogP contribution in [0.4, 0.5) is 4.79 Å². The number of urea groups is 1. The van der Waals surface area contributed by atoms with E-state index in [4.69, 9.17) is 5.11 Å². The van der Waals surface area contributed by atoms with Crippen molar-refractivity contribution in [3.05, 3.63) is 0 Å². The van der Waals surface area contributed by atoms with E-state index in [1.54, 1.807) is 4.90 Å². The number of likely N-dealkylation sites (tertiary alicyclic amines) is 1. The molecule has 0 aromatic carbocycles. The maximum absolute atomic E-state index is 12.7. The third kappa shape index (κ3) is 4.90. The van der Waals surface area contributed by atoms with E-state index in [0.717, 1.165) is 44.7 Å². The summed E-state index contributed by atoms with van der Waals surface area (Å²) < 4.78 is 0. The van der Waals surface area contributed by atoms with Gasteiger partial charge in [0.1, 0.15) is 0 Å². The van der Waals surface area contributed by atoms with Gasteiger partial charge in [0.15, 0.2) is 0 Å². The number of carbonyl (C=O) groups excluding carboxylic acids is 1. The molecule has 1 aliphatic carbocycles. The molecule has 5 nitrogen and oxygen atoms in total. The van der Waals surface area contributed by atoms with Crippen molar-refractivity contribution in [2.75, 3.05) is 19.6 Å². The van der Waals surface area contributed by atoms with Gasteiger partial charge in [0, 0.05) is 25.7 Å². The molecule has 1 atom stereocenters. The van der Waals surface area contributed by atoms with Gasteiger partial charge < -0.3 is 14.9 Å². The topological polar surface area (TPSA) is 60.9 Å². The first-order chi connectivity index (χ1) is 10.1. The Balaban J connectivity index is 1.88. The standard InChI is InChI=1S/C16H28N2O3/c1-2-4-13-5-3-10-17(11-8-13)16(21)18(14-6-7-14)12-9-15(19)20/h13-14H,2-12H2,1H3,(H,19,20). The summed E-state index contributed by atoms with van der Waals surface area (Å²) in [6, 6.07) is 0.349. The molecule has 21 heavy (non-hydrogen) atoms. The number of carboxylic acids is 1. The van der Waals surface area contributed by atoms with Crippen molar-refractivity contribution in [2.24, 2.45) is 5.92 Å². The molecule has 0 radical (unpaired) electrons. The molecule has 1 saturated carbocycles. The zero-order chi connectivity index (χ0) is 15.2. The highest BCUT2D eigenvalue weighted by molar-refractivity contribution is 5.76. The van der Waals surface area contributed by atoms with Crippen molar-refractivity contribution in [1.29, 1.82) is 0 Å². The normalized spacial score (nSPS) is 22.7. The SMILES string of the molecule is CCCC1CCCN(C(=O)N(CCC(=O)O)C2CC2)CC1. The zero-order valence-electron chi connectivity index (χ0n) is 13.1. The van der Waals surface area contributed by atoms with Gasteiger partial charge in [-0.15, -0.1) is 0 Å². The van der Waals surface area contributed by atoms with E-state index in [9.17, 15) is 9.59 Å². The molecular weight excluding hydrogens is 268 g/mol. The molecule has 2 aliphatic rings. The molecule has 1 heterocycles. The van der Waals surface area contributed by atoms with E-state index in [0.29, 0.717) is 6.54 Å². The maximum Gasteiger partial charge on any atom is 0.320 e. The number of amides is 2.